The standard InChI is InChI=1S/C10H17NO/c1-4-9-10(12)6-5-7-11(9)8(2)3/h1,8-10,12H,5-7H2,2-3H3. The Morgan fingerprint density at radius 2 is 2.25 bits per heavy atom. The molecule has 0 spiro atoms. The van der Waals surface area contributed by atoms with Gasteiger partial charge in [-0.25, -0.2) is 0 Å². The van der Waals surface area contributed by atoms with Crippen LogP contribution in [0, 0.1) is 12.3 Å². The zero-order chi connectivity index (χ0) is 9.14. The Hall–Kier alpha value is -0.520. The molecule has 0 aromatic rings. The highest BCUT2D eigenvalue weighted by molar-refractivity contribution is 5.06. The van der Waals surface area contributed by atoms with Crippen LogP contribution in [0.1, 0.15) is 26.7 Å². The van der Waals surface area contributed by atoms with E-state index in [2.05, 4.69) is 24.7 Å². The normalized spacial score (nSPS) is 31.9. The molecular formula is C10H17NO. The smallest absolute Gasteiger partial charge is 0.0976 e. The van der Waals surface area contributed by atoms with E-state index in [0.717, 1.165) is 19.4 Å². The summed E-state index contributed by atoms with van der Waals surface area (Å²) in [6.45, 7) is 5.24. The summed E-state index contributed by atoms with van der Waals surface area (Å²) >= 11 is 0. The minimum atomic E-state index is -0.328. The molecule has 0 aliphatic carbocycles. The van der Waals surface area contributed by atoms with Gasteiger partial charge in [-0.3, -0.25) is 4.90 Å². The van der Waals surface area contributed by atoms with E-state index in [4.69, 9.17) is 6.42 Å². The second-order valence-corrected chi connectivity index (χ2v) is 3.65. The van der Waals surface area contributed by atoms with E-state index in [1.165, 1.54) is 0 Å². The van der Waals surface area contributed by atoms with Crippen LogP contribution in [-0.2, 0) is 0 Å². The average Bonchev–Trinajstić information content (AvgIpc) is 2.03. The van der Waals surface area contributed by atoms with E-state index in [1.807, 2.05) is 0 Å². The number of nitrogens with zero attached hydrogens (tertiary/aromatic N) is 1. The van der Waals surface area contributed by atoms with Gasteiger partial charge in [-0.15, -0.1) is 6.42 Å². The van der Waals surface area contributed by atoms with Crippen molar-refractivity contribution in [2.75, 3.05) is 6.54 Å². The third-order valence-corrected chi connectivity index (χ3v) is 2.47. The van der Waals surface area contributed by atoms with E-state index in [0.29, 0.717) is 6.04 Å². The Morgan fingerprint density at radius 3 is 2.67 bits per heavy atom. The predicted molar refractivity (Wildman–Crippen MR) is 49.7 cm³/mol. The van der Waals surface area contributed by atoms with Crippen molar-refractivity contribution < 1.29 is 5.11 Å². The average molecular weight is 167 g/mol. The fourth-order valence-electron chi connectivity index (χ4n) is 1.79. The van der Waals surface area contributed by atoms with Crippen molar-refractivity contribution in [2.45, 2.75) is 44.9 Å². The summed E-state index contributed by atoms with van der Waals surface area (Å²) in [5.41, 5.74) is 0. The zero-order valence-electron chi connectivity index (χ0n) is 7.83. The Balaban J connectivity index is 2.66. The molecule has 0 radical (unpaired) electrons. The SMILES string of the molecule is C#CC1C(O)CCCN1C(C)C. The van der Waals surface area contributed by atoms with Gasteiger partial charge in [0.25, 0.3) is 0 Å². The molecule has 2 unspecified atom stereocenters. The van der Waals surface area contributed by atoms with Gasteiger partial charge in [0.1, 0.15) is 0 Å². The molecule has 2 atom stereocenters. The van der Waals surface area contributed by atoms with Crippen LogP contribution in [0.5, 0.6) is 0 Å². The number of aliphatic hydroxyl groups is 1. The van der Waals surface area contributed by atoms with Gasteiger partial charge in [-0.1, -0.05) is 5.92 Å². The van der Waals surface area contributed by atoms with E-state index < -0.39 is 0 Å². The lowest BCUT2D eigenvalue weighted by atomic mass is 9.98. The number of hydrogen-bond acceptors (Lipinski definition) is 2. The Kier molecular flexibility index (Phi) is 3.13. The van der Waals surface area contributed by atoms with Crippen LogP contribution in [0.2, 0.25) is 0 Å². The third kappa shape index (κ3) is 1.80. The number of hydrogen-bond donors (Lipinski definition) is 1. The first-order valence-corrected chi connectivity index (χ1v) is 4.56. The fourth-order valence-corrected chi connectivity index (χ4v) is 1.79. The highest BCUT2D eigenvalue weighted by atomic mass is 16.3. The van der Waals surface area contributed by atoms with E-state index in [-0.39, 0.29) is 12.1 Å². The molecule has 0 saturated carbocycles. The van der Waals surface area contributed by atoms with Crippen molar-refractivity contribution in [3.63, 3.8) is 0 Å². The van der Waals surface area contributed by atoms with Gasteiger partial charge < -0.3 is 5.11 Å². The minimum absolute atomic E-state index is 0.0706. The number of terminal acetylenes is 1. The Morgan fingerprint density at radius 1 is 1.58 bits per heavy atom. The molecule has 1 rings (SSSR count). The summed E-state index contributed by atoms with van der Waals surface area (Å²) in [4.78, 5) is 2.19. The molecule has 68 valence electrons. The molecule has 0 aromatic heterocycles. The molecule has 1 fully saturated rings. The van der Waals surface area contributed by atoms with Gasteiger partial charge in [0, 0.05) is 6.04 Å². The van der Waals surface area contributed by atoms with Gasteiger partial charge in [0.15, 0.2) is 0 Å². The van der Waals surface area contributed by atoms with Crippen LogP contribution < -0.4 is 0 Å². The first-order valence-electron chi connectivity index (χ1n) is 4.56. The molecule has 1 saturated heterocycles. The van der Waals surface area contributed by atoms with Crippen molar-refractivity contribution in [1.82, 2.24) is 4.90 Å². The van der Waals surface area contributed by atoms with Crippen molar-refractivity contribution >= 4 is 0 Å². The molecule has 0 bridgehead atoms. The summed E-state index contributed by atoms with van der Waals surface area (Å²) in [5, 5.41) is 9.60. The largest absolute Gasteiger partial charge is 0.390 e. The van der Waals surface area contributed by atoms with Crippen LogP contribution >= 0.6 is 0 Å². The van der Waals surface area contributed by atoms with Crippen LogP contribution in [0.4, 0.5) is 0 Å². The van der Waals surface area contributed by atoms with Gasteiger partial charge in [-0.2, -0.15) is 0 Å². The van der Waals surface area contributed by atoms with Gasteiger partial charge in [0.05, 0.1) is 12.1 Å². The summed E-state index contributed by atoms with van der Waals surface area (Å²) in [6.07, 6.45) is 6.94. The topological polar surface area (TPSA) is 23.5 Å². The van der Waals surface area contributed by atoms with Crippen LogP contribution in [0.3, 0.4) is 0 Å². The maximum Gasteiger partial charge on any atom is 0.0976 e. The van der Waals surface area contributed by atoms with Crippen molar-refractivity contribution in [3.8, 4) is 12.3 Å². The molecule has 1 heterocycles. The van der Waals surface area contributed by atoms with Gasteiger partial charge in [-0.05, 0) is 33.2 Å². The molecule has 0 aromatic carbocycles. The summed E-state index contributed by atoms with van der Waals surface area (Å²) < 4.78 is 0. The monoisotopic (exact) mass is 167 g/mol. The van der Waals surface area contributed by atoms with Crippen LogP contribution in [0.15, 0.2) is 0 Å². The molecular weight excluding hydrogens is 150 g/mol. The highest BCUT2D eigenvalue weighted by Crippen LogP contribution is 2.19. The quantitative estimate of drug-likeness (QED) is 0.585. The second-order valence-electron chi connectivity index (χ2n) is 3.65. The predicted octanol–water partition coefficient (Wildman–Crippen LogP) is 0.853. The zero-order valence-corrected chi connectivity index (χ0v) is 7.83. The van der Waals surface area contributed by atoms with Crippen molar-refractivity contribution in [3.05, 3.63) is 0 Å². The molecule has 1 N–H and O–H groups in total. The van der Waals surface area contributed by atoms with E-state index >= 15 is 0 Å². The minimum Gasteiger partial charge on any atom is -0.390 e. The molecule has 0 amide bonds. The summed E-state index contributed by atoms with van der Waals surface area (Å²) in [5.74, 6) is 2.66. The first kappa shape index (κ1) is 9.57. The number of likely N-dealkylation sites (tertiary alicyclic amines) is 1. The fraction of sp³-hybridized carbons (Fsp3) is 0.800. The lowest BCUT2D eigenvalue weighted by molar-refractivity contribution is 0.0222. The number of piperidine rings is 1. The number of rotatable bonds is 1. The second kappa shape index (κ2) is 3.93. The van der Waals surface area contributed by atoms with Crippen molar-refractivity contribution in [2.24, 2.45) is 0 Å². The maximum absolute atomic E-state index is 9.60. The molecule has 12 heavy (non-hydrogen) atoms. The lowest BCUT2D eigenvalue weighted by Crippen LogP contribution is -2.50. The summed E-state index contributed by atoms with van der Waals surface area (Å²) in [7, 11) is 0. The van der Waals surface area contributed by atoms with Crippen molar-refractivity contribution in [1.29, 1.82) is 0 Å². The van der Waals surface area contributed by atoms with Gasteiger partial charge in [0.2, 0.25) is 0 Å². The Labute approximate surface area is 74.6 Å². The molecule has 2 heteroatoms. The molecule has 1 aliphatic rings. The van der Waals surface area contributed by atoms with Crippen LogP contribution in [0.25, 0.3) is 0 Å². The maximum atomic E-state index is 9.60. The van der Waals surface area contributed by atoms with Gasteiger partial charge >= 0.3 is 0 Å². The number of aliphatic hydroxyl groups excluding tert-OH is 1. The molecule has 1 aliphatic heterocycles. The Bertz CT molecular complexity index is 183. The third-order valence-electron chi connectivity index (χ3n) is 2.47. The highest BCUT2D eigenvalue weighted by Gasteiger charge is 2.29. The first-order chi connectivity index (χ1) is 5.66. The van der Waals surface area contributed by atoms with Crippen LogP contribution in [-0.4, -0.2) is 34.7 Å². The summed E-state index contributed by atoms with van der Waals surface area (Å²) in [6, 6.07) is 0.361. The van der Waals surface area contributed by atoms with E-state index in [1.54, 1.807) is 0 Å². The molecule has 2 nitrogen and oxygen atoms in total. The van der Waals surface area contributed by atoms with E-state index in [9.17, 15) is 5.11 Å². The lowest BCUT2D eigenvalue weighted by Gasteiger charge is -2.38.